The van der Waals surface area contributed by atoms with Crippen molar-refractivity contribution in [2.45, 2.75) is 33.9 Å². The third-order valence-electron chi connectivity index (χ3n) is 2.42. The predicted molar refractivity (Wildman–Crippen MR) is 59.3 cm³/mol. The summed E-state index contributed by atoms with van der Waals surface area (Å²) in [4.78, 5) is 4.56. The molecule has 0 saturated heterocycles. The molecule has 0 aromatic heterocycles. The molecule has 2 aliphatic rings. The molecule has 0 spiro atoms. The number of hydrogen-bond acceptors (Lipinski definition) is 2. The third kappa shape index (κ3) is 1.33. The quantitative estimate of drug-likeness (QED) is 0.521. The molecular weight excluding hydrogens is 174 g/mol. The van der Waals surface area contributed by atoms with Crippen LogP contribution in [0.25, 0.3) is 0 Å². The number of hydrazone groups is 1. The van der Waals surface area contributed by atoms with E-state index in [9.17, 15) is 0 Å². The van der Waals surface area contributed by atoms with Crippen LogP contribution in [0.15, 0.2) is 22.2 Å². The zero-order chi connectivity index (χ0) is 10.3. The van der Waals surface area contributed by atoms with Crippen LogP contribution in [-0.2, 0) is 0 Å². The lowest BCUT2D eigenvalue weighted by molar-refractivity contribution is -0.556. The van der Waals surface area contributed by atoms with Gasteiger partial charge in [-0.25, -0.2) is 4.99 Å². The van der Waals surface area contributed by atoms with E-state index in [0.29, 0.717) is 0 Å². The Hall–Kier alpha value is -1.25. The van der Waals surface area contributed by atoms with Gasteiger partial charge in [-0.3, -0.25) is 0 Å². The summed E-state index contributed by atoms with van der Waals surface area (Å²) in [5, 5.41) is 4.36. The topological polar surface area (TPSA) is 27.7 Å². The van der Waals surface area contributed by atoms with Gasteiger partial charge < -0.3 is 0 Å². The molecule has 0 aromatic rings. The monoisotopic (exact) mass is 190 g/mol. The van der Waals surface area contributed by atoms with Crippen molar-refractivity contribution in [1.82, 2.24) is 0 Å². The van der Waals surface area contributed by atoms with Crippen LogP contribution in [0.4, 0.5) is 0 Å². The first kappa shape index (κ1) is 9.31. The first-order chi connectivity index (χ1) is 6.50. The molecule has 0 radical (unpaired) electrons. The maximum Gasteiger partial charge on any atom is 0.296 e. The summed E-state index contributed by atoms with van der Waals surface area (Å²) in [6.07, 6.45) is 5.92. The van der Waals surface area contributed by atoms with Gasteiger partial charge in [-0.05, 0) is 18.1 Å². The molecule has 2 rings (SSSR count). The smallest absolute Gasteiger partial charge is 0.209 e. The van der Waals surface area contributed by atoms with Crippen molar-refractivity contribution in [1.29, 1.82) is 0 Å². The van der Waals surface area contributed by atoms with E-state index in [2.05, 4.69) is 43.9 Å². The van der Waals surface area contributed by atoms with Crippen LogP contribution in [0, 0.1) is 5.41 Å². The van der Waals surface area contributed by atoms with Crippen LogP contribution in [-0.4, -0.2) is 28.5 Å². The van der Waals surface area contributed by atoms with E-state index in [0.717, 1.165) is 5.71 Å². The summed E-state index contributed by atoms with van der Waals surface area (Å²) in [6.45, 7) is 8.63. The van der Waals surface area contributed by atoms with Crippen molar-refractivity contribution in [3.8, 4) is 0 Å². The number of allylic oxidation sites excluding steroid dienone is 1. The van der Waals surface area contributed by atoms with Crippen molar-refractivity contribution in [3.05, 3.63) is 12.2 Å². The molecule has 3 heteroatoms. The molecule has 1 unspecified atom stereocenters. The average molecular weight is 190 g/mol. The van der Waals surface area contributed by atoms with Gasteiger partial charge in [0.2, 0.25) is 5.71 Å². The van der Waals surface area contributed by atoms with Crippen LogP contribution in [0.2, 0.25) is 0 Å². The second kappa shape index (κ2) is 2.87. The van der Waals surface area contributed by atoms with E-state index in [1.807, 2.05) is 17.0 Å². The molecule has 2 aliphatic heterocycles. The fourth-order valence-electron chi connectivity index (χ4n) is 2.01. The van der Waals surface area contributed by atoms with E-state index in [4.69, 9.17) is 0 Å². The second-order valence-corrected chi connectivity index (χ2v) is 4.72. The number of rotatable bonds is 0. The van der Waals surface area contributed by atoms with Crippen LogP contribution in [0.5, 0.6) is 0 Å². The van der Waals surface area contributed by atoms with Crippen molar-refractivity contribution in [2.75, 3.05) is 0 Å². The number of hydrogen-bond donors (Lipinski definition) is 0. The Labute approximate surface area is 84.6 Å². The van der Waals surface area contributed by atoms with Crippen LogP contribution < -0.4 is 0 Å². The Morgan fingerprint density at radius 3 is 2.71 bits per heavy atom. The first-order valence-corrected chi connectivity index (χ1v) is 4.92. The maximum absolute atomic E-state index is 4.56. The lowest BCUT2D eigenvalue weighted by Crippen LogP contribution is -2.33. The summed E-state index contributed by atoms with van der Waals surface area (Å²) < 4.78 is 2.01. The summed E-state index contributed by atoms with van der Waals surface area (Å²) in [5.41, 5.74) is 2.43. The normalized spacial score (nSPS) is 25.4. The molecular formula is C11H16N3+. The van der Waals surface area contributed by atoms with Crippen LogP contribution in [0.1, 0.15) is 27.7 Å². The van der Waals surface area contributed by atoms with Gasteiger partial charge in [-0.2, -0.15) is 0 Å². The average Bonchev–Trinajstić information content (AvgIpc) is 2.38. The van der Waals surface area contributed by atoms with E-state index in [1.54, 1.807) is 0 Å². The molecule has 0 bridgehead atoms. The molecule has 0 fully saturated rings. The number of aliphatic imine (C=N–C) groups is 1. The highest BCUT2D eigenvalue weighted by Crippen LogP contribution is 2.23. The third-order valence-corrected chi connectivity index (χ3v) is 2.42. The minimum Gasteiger partial charge on any atom is -0.209 e. The summed E-state index contributed by atoms with van der Waals surface area (Å²) >= 11 is 0. The lowest BCUT2D eigenvalue weighted by Gasteiger charge is -2.14. The summed E-state index contributed by atoms with van der Waals surface area (Å²) in [6, 6.07) is 0. The van der Waals surface area contributed by atoms with Gasteiger partial charge in [0.1, 0.15) is 5.71 Å². The van der Waals surface area contributed by atoms with Crippen molar-refractivity contribution >= 4 is 17.6 Å². The Morgan fingerprint density at radius 1 is 1.36 bits per heavy atom. The highest BCUT2D eigenvalue weighted by molar-refractivity contribution is 6.41. The van der Waals surface area contributed by atoms with Crippen LogP contribution >= 0.6 is 0 Å². The molecule has 0 saturated carbocycles. The van der Waals surface area contributed by atoms with E-state index < -0.39 is 0 Å². The minimum absolute atomic E-state index is 0.0919. The molecule has 0 aliphatic carbocycles. The van der Waals surface area contributed by atoms with Gasteiger partial charge in [0.25, 0.3) is 6.17 Å². The highest BCUT2D eigenvalue weighted by Gasteiger charge is 2.40. The molecule has 14 heavy (non-hydrogen) atoms. The SMILES string of the molecule is CC1=NC2C=CC=N[N+]2=C1C(C)(C)C. The van der Waals surface area contributed by atoms with Gasteiger partial charge in [0.15, 0.2) is 0 Å². The molecule has 0 aromatic carbocycles. The van der Waals surface area contributed by atoms with Gasteiger partial charge in [0.05, 0.1) is 11.6 Å². The lowest BCUT2D eigenvalue weighted by atomic mass is 9.87. The minimum atomic E-state index is 0.0919. The molecule has 1 atom stereocenters. The molecule has 74 valence electrons. The van der Waals surface area contributed by atoms with Crippen molar-refractivity contribution < 1.29 is 4.68 Å². The summed E-state index contributed by atoms with van der Waals surface area (Å²) in [7, 11) is 0. The Bertz CT molecular complexity index is 378. The first-order valence-electron chi connectivity index (χ1n) is 4.92. The Balaban J connectivity index is 2.53. The van der Waals surface area contributed by atoms with Crippen molar-refractivity contribution in [3.63, 3.8) is 0 Å². The molecule has 3 nitrogen and oxygen atoms in total. The standard InChI is InChI=1S/C11H16N3/c1-8-10(11(2,3)4)14-9(13-8)6-5-7-12-14/h5-7,9H,1-4H3/q+1. The van der Waals surface area contributed by atoms with Gasteiger partial charge in [0, 0.05) is 6.08 Å². The van der Waals surface area contributed by atoms with Crippen molar-refractivity contribution in [2.24, 2.45) is 15.5 Å². The van der Waals surface area contributed by atoms with Gasteiger partial charge >= 0.3 is 0 Å². The van der Waals surface area contributed by atoms with Crippen LogP contribution in [0.3, 0.4) is 0 Å². The molecule has 2 heterocycles. The zero-order valence-corrected chi connectivity index (χ0v) is 9.15. The molecule has 0 amide bonds. The fraction of sp³-hybridized carbons (Fsp3) is 0.545. The predicted octanol–water partition coefficient (Wildman–Crippen LogP) is 1.84. The Kier molecular flexibility index (Phi) is 1.91. The summed E-state index contributed by atoms with van der Waals surface area (Å²) in [5.74, 6) is 0. The van der Waals surface area contributed by atoms with Gasteiger partial charge in [-0.1, -0.05) is 25.5 Å². The van der Waals surface area contributed by atoms with E-state index in [-0.39, 0.29) is 11.6 Å². The van der Waals surface area contributed by atoms with E-state index in [1.165, 1.54) is 5.71 Å². The largest absolute Gasteiger partial charge is 0.296 e. The Morgan fingerprint density at radius 2 is 2.07 bits per heavy atom. The highest BCUT2D eigenvalue weighted by atomic mass is 15.5. The second-order valence-electron chi connectivity index (χ2n) is 4.72. The fourth-order valence-corrected chi connectivity index (χ4v) is 2.01. The number of nitrogens with zero attached hydrogens (tertiary/aromatic N) is 3. The van der Waals surface area contributed by atoms with E-state index >= 15 is 0 Å². The zero-order valence-electron chi connectivity index (χ0n) is 9.15. The van der Waals surface area contributed by atoms with Gasteiger partial charge in [-0.15, -0.1) is 0 Å². The maximum atomic E-state index is 4.56. The molecule has 0 N–H and O–H groups in total. The number of fused-ring (bicyclic) bond motifs is 1.